The fourth-order valence-electron chi connectivity index (χ4n) is 5.59. The van der Waals surface area contributed by atoms with Crippen LogP contribution in [0.5, 0.6) is 0 Å². The summed E-state index contributed by atoms with van der Waals surface area (Å²) in [4.78, 5) is 24.5. The Balaban J connectivity index is 2.02. The smallest absolute Gasteiger partial charge is 0.336 e. The fraction of sp³-hybridized carbons (Fsp3) is 0.867. The molecule has 2 aliphatic carbocycles. The van der Waals surface area contributed by atoms with Crippen molar-refractivity contribution in [1.82, 2.24) is 0 Å². The number of esters is 2. The highest BCUT2D eigenvalue weighted by Crippen LogP contribution is 2.72. The number of cyclic esters (lactones) is 1. The molecule has 23 heavy (non-hydrogen) atoms. The molecule has 8 unspecified atom stereocenters. The largest absolute Gasteiger partial charge is 0.464 e. The van der Waals surface area contributed by atoms with E-state index in [4.69, 9.17) is 9.47 Å². The predicted octanol–water partition coefficient (Wildman–Crippen LogP) is -1.91. The van der Waals surface area contributed by atoms with Gasteiger partial charge in [-0.2, -0.15) is 0 Å². The van der Waals surface area contributed by atoms with Crippen LogP contribution in [0, 0.1) is 16.7 Å². The predicted molar refractivity (Wildman–Crippen MR) is 71.7 cm³/mol. The van der Waals surface area contributed by atoms with Gasteiger partial charge in [0.25, 0.3) is 0 Å². The summed E-state index contributed by atoms with van der Waals surface area (Å²) in [6.07, 6.45) is -4.04. The molecule has 8 heteroatoms. The quantitative estimate of drug-likeness (QED) is 0.379. The number of rotatable bonds is 0. The van der Waals surface area contributed by atoms with E-state index in [9.17, 15) is 30.0 Å². The number of aliphatic hydroxyl groups excluding tert-OH is 2. The van der Waals surface area contributed by atoms with Gasteiger partial charge < -0.3 is 29.9 Å². The van der Waals surface area contributed by atoms with Gasteiger partial charge in [0.05, 0.1) is 11.7 Å². The summed E-state index contributed by atoms with van der Waals surface area (Å²) in [6, 6.07) is 0. The molecule has 4 fully saturated rings. The minimum Gasteiger partial charge on any atom is -0.464 e. The molecule has 8 atom stereocenters. The van der Waals surface area contributed by atoms with E-state index in [1.807, 2.05) is 0 Å². The Morgan fingerprint density at radius 1 is 1.17 bits per heavy atom. The van der Waals surface area contributed by atoms with Crippen molar-refractivity contribution in [3.8, 4) is 0 Å². The molecular formula is C15H20O8. The molecule has 4 N–H and O–H groups in total. The lowest BCUT2D eigenvalue weighted by Gasteiger charge is -2.68. The van der Waals surface area contributed by atoms with Crippen LogP contribution in [0.25, 0.3) is 0 Å². The van der Waals surface area contributed by atoms with Crippen LogP contribution in [0.1, 0.15) is 26.7 Å². The summed E-state index contributed by atoms with van der Waals surface area (Å²) >= 11 is 0. The average Bonchev–Trinajstić information content (AvgIpc) is 2.64. The third-order valence-corrected chi connectivity index (χ3v) is 7.12. The summed E-state index contributed by atoms with van der Waals surface area (Å²) in [5, 5.41) is 43.4. The molecule has 8 nitrogen and oxygen atoms in total. The summed E-state index contributed by atoms with van der Waals surface area (Å²) < 4.78 is 10.0. The van der Waals surface area contributed by atoms with Crippen LogP contribution in [0.4, 0.5) is 0 Å². The second-order valence-corrected chi connectivity index (χ2v) is 7.62. The van der Waals surface area contributed by atoms with Crippen LogP contribution < -0.4 is 0 Å². The SMILES string of the molecule is CC1C(O)CC2(O)C13CC(OC(=O)C3O)C(C)(O)C21COC1=O. The maximum absolute atomic E-state index is 12.4. The van der Waals surface area contributed by atoms with Crippen molar-refractivity contribution in [2.24, 2.45) is 16.7 Å². The summed E-state index contributed by atoms with van der Waals surface area (Å²) in [7, 11) is 0. The van der Waals surface area contributed by atoms with Crippen LogP contribution in [-0.2, 0) is 19.1 Å². The summed E-state index contributed by atoms with van der Waals surface area (Å²) in [6.45, 7) is 2.71. The second kappa shape index (κ2) is 3.88. The number of carbonyl (C=O) groups is 2. The van der Waals surface area contributed by atoms with Gasteiger partial charge in [-0.3, -0.25) is 4.79 Å². The highest BCUT2D eigenvalue weighted by atomic mass is 16.6. The number of aliphatic hydroxyl groups is 4. The third-order valence-electron chi connectivity index (χ3n) is 7.12. The van der Waals surface area contributed by atoms with Crippen molar-refractivity contribution in [2.75, 3.05) is 6.61 Å². The zero-order valence-corrected chi connectivity index (χ0v) is 12.9. The molecule has 0 radical (unpaired) electrons. The first kappa shape index (κ1) is 15.3. The zero-order chi connectivity index (χ0) is 17.0. The Labute approximate surface area is 132 Å². The number of fused-ring (bicyclic) bond motifs is 2. The lowest BCUT2D eigenvalue weighted by Crippen LogP contribution is -2.86. The van der Waals surface area contributed by atoms with Crippen molar-refractivity contribution in [3.05, 3.63) is 0 Å². The maximum Gasteiger partial charge on any atom is 0.336 e. The van der Waals surface area contributed by atoms with Crippen molar-refractivity contribution in [1.29, 1.82) is 0 Å². The molecule has 128 valence electrons. The first-order valence-electron chi connectivity index (χ1n) is 7.75. The van der Waals surface area contributed by atoms with Gasteiger partial charge in [0.2, 0.25) is 0 Å². The number of ether oxygens (including phenoxy) is 2. The average molecular weight is 328 g/mol. The first-order chi connectivity index (χ1) is 10.6. The zero-order valence-electron chi connectivity index (χ0n) is 12.9. The summed E-state index contributed by atoms with van der Waals surface area (Å²) in [5.74, 6) is -2.41. The number of carbonyl (C=O) groups excluding carboxylic acids is 2. The molecule has 2 heterocycles. The van der Waals surface area contributed by atoms with Gasteiger partial charge in [-0.15, -0.1) is 0 Å². The maximum atomic E-state index is 12.4. The standard InChI is InChI=1S/C15H20O8/c1-6-7(16)3-15(21)13(6)4-8(23-10(18)9(13)17)12(2,20)14(15)5-22-11(14)19/h6-9,16-17,20-21H,3-5H2,1-2H3. The number of hydrogen-bond donors (Lipinski definition) is 4. The van der Waals surface area contributed by atoms with E-state index in [2.05, 4.69) is 0 Å². The van der Waals surface area contributed by atoms with Crippen molar-refractivity contribution < 1.29 is 39.5 Å². The van der Waals surface area contributed by atoms with Crippen LogP contribution in [0.3, 0.4) is 0 Å². The van der Waals surface area contributed by atoms with Crippen LogP contribution in [-0.4, -0.2) is 68.5 Å². The van der Waals surface area contributed by atoms with Crippen molar-refractivity contribution in [2.45, 2.75) is 56.2 Å². The molecule has 0 aromatic carbocycles. The van der Waals surface area contributed by atoms with Gasteiger partial charge in [0, 0.05) is 11.8 Å². The van der Waals surface area contributed by atoms with E-state index in [1.165, 1.54) is 6.92 Å². The lowest BCUT2D eigenvalue weighted by molar-refractivity contribution is -0.359. The fourth-order valence-corrected chi connectivity index (χ4v) is 5.59. The minimum absolute atomic E-state index is 0.0311. The molecule has 2 bridgehead atoms. The molecule has 0 amide bonds. The Kier molecular flexibility index (Phi) is 2.58. The van der Waals surface area contributed by atoms with Crippen molar-refractivity contribution >= 4 is 11.9 Å². The Hall–Kier alpha value is -1.22. The number of hydrogen-bond acceptors (Lipinski definition) is 8. The molecule has 4 rings (SSSR count). The van der Waals surface area contributed by atoms with E-state index < -0.39 is 58.2 Å². The molecule has 2 spiro atoms. The van der Waals surface area contributed by atoms with Gasteiger partial charge in [-0.05, 0) is 19.3 Å². The van der Waals surface area contributed by atoms with Crippen LogP contribution >= 0.6 is 0 Å². The van der Waals surface area contributed by atoms with E-state index in [-0.39, 0.29) is 19.4 Å². The van der Waals surface area contributed by atoms with Gasteiger partial charge >= 0.3 is 11.9 Å². The first-order valence-corrected chi connectivity index (χ1v) is 7.75. The Morgan fingerprint density at radius 3 is 2.35 bits per heavy atom. The monoisotopic (exact) mass is 328 g/mol. The molecular weight excluding hydrogens is 308 g/mol. The topological polar surface area (TPSA) is 134 Å². The molecule has 2 aliphatic heterocycles. The highest BCUT2D eigenvalue weighted by Gasteiger charge is 2.88. The van der Waals surface area contributed by atoms with Gasteiger partial charge in [-0.1, -0.05) is 6.92 Å². The Morgan fingerprint density at radius 2 is 1.83 bits per heavy atom. The molecule has 0 aromatic heterocycles. The van der Waals surface area contributed by atoms with E-state index in [1.54, 1.807) is 6.92 Å². The Bertz CT molecular complexity index is 617. The van der Waals surface area contributed by atoms with E-state index in [0.29, 0.717) is 0 Å². The summed E-state index contributed by atoms with van der Waals surface area (Å²) in [5.41, 5.74) is -7.03. The second-order valence-electron chi connectivity index (χ2n) is 7.62. The van der Waals surface area contributed by atoms with Crippen molar-refractivity contribution in [3.63, 3.8) is 0 Å². The van der Waals surface area contributed by atoms with Crippen LogP contribution in [0.2, 0.25) is 0 Å². The van der Waals surface area contributed by atoms with Gasteiger partial charge in [0.1, 0.15) is 18.3 Å². The molecule has 0 aromatic rings. The normalized spacial score (nSPS) is 60.8. The molecule has 4 aliphatic rings. The van der Waals surface area contributed by atoms with E-state index >= 15 is 0 Å². The van der Waals surface area contributed by atoms with Gasteiger partial charge in [-0.25, -0.2) is 4.79 Å². The minimum atomic E-state index is -1.97. The van der Waals surface area contributed by atoms with Crippen LogP contribution in [0.15, 0.2) is 0 Å². The van der Waals surface area contributed by atoms with E-state index in [0.717, 1.165) is 0 Å². The lowest BCUT2D eigenvalue weighted by atomic mass is 9.42. The highest BCUT2D eigenvalue weighted by molar-refractivity contribution is 5.88. The molecule has 2 saturated heterocycles. The third kappa shape index (κ3) is 1.21. The van der Waals surface area contributed by atoms with Gasteiger partial charge in [0.15, 0.2) is 11.5 Å². The molecule has 2 saturated carbocycles.